The van der Waals surface area contributed by atoms with Gasteiger partial charge in [-0.1, -0.05) is 41.9 Å². The van der Waals surface area contributed by atoms with Crippen molar-refractivity contribution >= 4 is 21.6 Å². The molecule has 1 heterocycles. The van der Waals surface area contributed by atoms with Crippen LogP contribution in [0.1, 0.15) is 5.56 Å². The summed E-state index contributed by atoms with van der Waals surface area (Å²) in [5.74, 6) is -0.618. The highest BCUT2D eigenvalue weighted by Gasteiger charge is 2.30. The van der Waals surface area contributed by atoms with Gasteiger partial charge in [-0.3, -0.25) is 0 Å². The zero-order valence-electron chi connectivity index (χ0n) is 13.1. The number of nitrogens with one attached hydrogen (secondary N) is 1. The van der Waals surface area contributed by atoms with Crippen molar-refractivity contribution in [3.05, 3.63) is 64.9 Å². The molecule has 0 aromatic heterocycles. The first-order valence-electron chi connectivity index (χ1n) is 7.79. The summed E-state index contributed by atoms with van der Waals surface area (Å²) in [5, 5.41) is -0.176. The second kappa shape index (κ2) is 7.19. The van der Waals surface area contributed by atoms with Crippen molar-refractivity contribution in [2.24, 2.45) is 0 Å². The van der Waals surface area contributed by atoms with E-state index in [1.807, 2.05) is 18.2 Å². The first-order valence-corrected chi connectivity index (χ1v) is 9.61. The molecule has 0 aliphatic carbocycles. The average Bonchev–Trinajstić information content (AvgIpc) is 2.58. The van der Waals surface area contributed by atoms with E-state index in [0.29, 0.717) is 13.1 Å². The van der Waals surface area contributed by atoms with Crippen molar-refractivity contribution in [2.75, 3.05) is 26.2 Å². The van der Waals surface area contributed by atoms with Gasteiger partial charge in [0.1, 0.15) is 12.4 Å². The zero-order chi connectivity index (χ0) is 17.2. The van der Waals surface area contributed by atoms with Gasteiger partial charge in [-0.15, -0.1) is 0 Å². The Hall–Kier alpha value is -1.47. The number of halogens is 2. The molecule has 7 heteroatoms. The minimum atomic E-state index is -3.63. The van der Waals surface area contributed by atoms with Gasteiger partial charge in [0, 0.05) is 5.56 Å². The van der Waals surface area contributed by atoms with Crippen LogP contribution in [-0.4, -0.2) is 38.9 Å². The minimum Gasteiger partial charge on any atom is -0.329 e. The fourth-order valence-corrected chi connectivity index (χ4v) is 4.60. The zero-order valence-corrected chi connectivity index (χ0v) is 14.7. The van der Waals surface area contributed by atoms with Crippen LogP contribution < -0.4 is 4.90 Å². The van der Waals surface area contributed by atoms with E-state index in [1.54, 1.807) is 0 Å². The van der Waals surface area contributed by atoms with E-state index in [1.165, 1.54) is 26.9 Å². The maximum absolute atomic E-state index is 13.2. The largest absolute Gasteiger partial charge is 0.329 e. The lowest BCUT2D eigenvalue weighted by molar-refractivity contribution is -0.917. The SMILES string of the molecule is O=S(=O)(c1ccc(F)c(Cl)c1)N1CC[NH+](Cc2ccccc2)CC1. The molecule has 2 aromatic carbocycles. The summed E-state index contributed by atoms with van der Waals surface area (Å²) in [6, 6.07) is 13.7. The van der Waals surface area contributed by atoms with Crippen LogP contribution in [0.2, 0.25) is 5.02 Å². The summed E-state index contributed by atoms with van der Waals surface area (Å²) < 4.78 is 40.0. The number of hydrogen-bond donors (Lipinski definition) is 1. The fraction of sp³-hybridized carbons (Fsp3) is 0.294. The molecule has 1 aliphatic heterocycles. The molecule has 0 spiro atoms. The Balaban J connectivity index is 1.66. The van der Waals surface area contributed by atoms with Crippen LogP contribution in [0.5, 0.6) is 0 Å². The lowest BCUT2D eigenvalue weighted by Crippen LogP contribution is -3.13. The molecule has 0 bridgehead atoms. The van der Waals surface area contributed by atoms with Crippen LogP contribution >= 0.6 is 11.6 Å². The molecule has 1 N–H and O–H groups in total. The summed E-state index contributed by atoms with van der Waals surface area (Å²) in [5.41, 5.74) is 1.24. The summed E-state index contributed by atoms with van der Waals surface area (Å²) in [4.78, 5) is 1.39. The molecule has 3 rings (SSSR count). The molecule has 2 aromatic rings. The Labute approximate surface area is 146 Å². The topological polar surface area (TPSA) is 41.8 Å². The Morgan fingerprint density at radius 1 is 1.08 bits per heavy atom. The van der Waals surface area contributed by atoms with E-state index < -0.39 is 15.8 Å². The number of piperazine rings is 1. The van der Waals surface area contributed by atoms with Gasteiger partial charge in [0.2, 0.25) is 10.0 Å². The van der Waals surface area contributed by atoms with Gasteiger partial charge in [0.25, 0.3) is 0 Å². The second-order valence-corrected chi connectivity index (χ2v) is 8.24. The van der Waals surface area contributed by atoms with Crippen LogP contribution in [0, 0.1) is 5.82 Å². The van der Waals surface area contributed by atoms with E-state index in [2.05, 4.69) is 12.1 Å². The van der Waals surface area contributed by atoms with Crippen LogP contribution in [0.4, 0.5) is 4.39 Å². The molecule has 128 valence electrons. The quantitative estimate of drug-likeness (QED) is 0.888. The normalized spacial score (nSPS) is 17.1. The fourth-order valence-electron chi connectivity index (χ4n) is 2.89. The van der Waals surface area contributed by atoms with E-state index in [4.69, 9.17) is 11.6 Å². The molecule has 24 heavy (non-hydrogen) atoms. The van der Waals surface area contributed by atoms with E-state index in [0.717, 1.165) is 25.7 Å². The highest BCUT2D eigenvalue weighted by Crippen LogP contribution is 2.22. The van der Waals surface area contributed by atoms with Crippen LogP contribution in [0.15, 0.2) is 53.4 Å². The predicted molar refractivity (Wildman–Crippen MR) is 91.0 cm³/mol. The summed E-state index contributed by atoms with van der Waals surface area (Å²) in [7, 11) is -3.63. The number of hydrogen-bond acceptors (Lipinski definition) is 2. The highest BCUT2D eigenvalue weighted by molar-refractivity contribution is 7.89. The number of nitrogens with zero attached hydrogens (tertiary/aromatic N) is 1. The maximum atomic E-state index is 13.2. The molecule has 0 atom stereocenters. The molecule has 0 amide bonds. The van der Waals surface area contributed by atoms with Gasteiger partial charge < -0.3 is 4.90 Å². The second-order valence-electron chi connectivity index (χ2n) is 5.89. The lowest BCUT2D eigenvalue weighted by Gasteiger charge is -2.31. The molecule has 1 fully saturated rings. The van der Waals surface area contributed by atoms with Crippen LogP contribution in [0.25, 0.3) is 0 Å². The molecule has 1 saturated heterocycles. The Morgan fingerprint density at radius 2 is 1.75 bits per heavy atom. The van der Waals surface area contributed by atoms with Crippen molar-refractivity contribution in [3.8, 4) is 0 Å². The summed E-state index contributed by atoms with van der Waals surface area (Å²) in [6.45, 7) is 3.25. The molecule has 1 aliphatic rings. The third-order valence-electron chi connectivity index (χ3n) is 4.26. The standard InChI is InChI=1S/C17H18ClFN2O2S/c18-16-12-15(6-7-17(16)19)24(22,23)21-10-8-20(9-11-21)13-14-4-2-1-3-5-14/h1-7,12H,8-11,13H2/p+1. The number of benzene rings is 2. The van der Waals surface area contributed by atoms with Crippen LogP contribution in [-0.2, 0) is 16.6 Å². The van der Waals surface area contributed by atoms with E-state index in [9.17, 15) is 12.8 Å². The number of quaternary nitrogens is 1. The lowest BCUT2D eigenvalue weighted by atomic mass is 10.2. The molecular weight excluding hydrogens is 351 g/mol. The maximum Gasteiger partial charge on any atom is 0.243 e. The molecule has 0 saturated carbocycles. The number of sulfonamides is 1. The van der Waals surface area contributed by atoms with Crippen LogP contribution in [0.3, 0.4) is 0 Å². The minimum absolute atomic E-state index is 0.0420. The molecule has 4 nitrogen and oxygen atoms in total. The van der Waals surface area contributed by atoms with Gasteiger partial charge in [-0.05, 0) is 18.2 Å². The average molecular weight is 370 g/mol. The highest BCUT2D eigenvalue weighted by atomic mass is 35.5. The summed E-state index contributed by atoms with van der Waals surface area (Å²) >= 11 is 5.71. The first-order chi connectivity index (χ1) is 11.5. The van der Waals surface area contributed by atoms with Gasteiger partial charge in [0.15, 0.2) is 0 Å². The Bertz CT molecular complexity index is 807. The summed E-state index contributed by atoms with van der Waals surface area (Å²) in [6.07, 6.45) is 0. The van der Waals surface area contributed by atoms with Crippen molar-refractivity contribution < 1.29 is 17.7 Å². The van der Waals surface area contributed by atoms with Gasteiger partial charge in [-0.25, -0.2) is 12.8 Å². The predicted octanol–water partition coefficient (Wildman–Crippen LogP) is 1.57. The van der Waals surface area contributed by atoms with Gasteiger partial charge in [0.05, 0.1) is 36.1 Å². The van der Waals surface area contributed by atoms with Crippen molar-refractivity contribution in [1.82, 2.24) is 4.31 Å². The van der Waals surface area contributed by atoms with E-state index >= 15 is 0 Å². The third kappa shape index (κ3) is 3.78. The molecule has 0 radical (unpaired) electrons. The van der Waals surface area contributed by atoms with Crippen molar-refractivity contribution in [3.63, 3.8) is 0 Å². The van der Waals surface area contributed by atoms with Crippen molar-refractivity contribution in [1.29, 1.82) is 0 Å². The van der Waals surface area contributed by atoms with Crippen molar-refractivity contribution in [2.45, 2.75) is 11.4 Å². The molecular formula is C17H19ClFN2O2S+. The monoisotopic (exact) mass is 369 g/mol. The molecule has 0 unspecified atom stereocenters. The Morgan fingerprint density at radius 3 is 2.38 bits per heavy atom. The van der Waals surface area contributed by atoms with Gasteiger partial charge in [-0.2, -0.15) is 4.31 Å². The van der Waals surface area contributed by atoms with E-state index in [-0.39, 0.29) is 9.92 Å². The Kier molecular flexibility index (Phi) is 5.20. The smallest absolute Gasteiger partial charge is 0.243 e. The third-order valence-corrected chi connectivity index (χ3v) is 6.44. The van der Waals surface area contributed by atoms with Gasteiger partial charge >= 0.3 is 0 Å². The number of rotatable bonds is 4. The first kappa shape index (κ1) is 17.4.